The molecule has 1 aliphatic rings. The molecule has 0 aromatic heterocycles. The van der Waals surface area contributed by atoms with Crippen molar-refractivity contribution in [2.24, 2.45) is 5.92 Å². The van der Waals surface area contributed by atoms with E-state index in [-0.39, 0.29) is 17.7 Å². The minimum absolute atomic E-state index is 0.0173. The molecule has 1 fully saturated rings. The fourth-order valence-corrected chi connectivity index (χ4v) is 3.48. The number of carbonyl (C=O) groups excluding carboxylic acids is 2. The Bertz CT molecular complexity index is 549. The van der Waals surface area contributed by atoms with Gasteiger partial charge < -0.3 is 10.2 Å². The summed E-state index contributed by atoms with van der Waals surface area (Å²) < 4.78 is 0. The number of benzene rings is 1. The Morgan fingerprint density at radius 1 is 1.16 bits per heavy atom. The van der Waals surface area contributed by atoms with Crippen molar-refractivity contribution in [2.45, 2.75) is 39.7 Å². The van der Waals surface area contributed by atoms with E-state index in [9.17, 15) is 9.59 Å². The fourth-order valence-electron chi connectivity index (χ4n) is 3.48. The molecule has 1 aromatic rings. The maximum Gasteiger partial charge on any atom is 0.253 e. The standard InChI is InChI=1S/C20H31N3O2/c1-4-22(5-2)16(3)15-21-19(24)17-11-13-23(14-12-17)20(25)18-9-7-6-8-10-18/h6-10,16-17H,4-5,11-15H2,1-3H3,(H,21,24). The number of piperidine rings is 1. The molecule has 0 aliphatic carbocycles. The lowest BCUT2D eigenvalue weighted by Gasteiger charge is -2.32. The second-order valence-electron chi connectivity index (χ2n) is 6.75. The minimum atomic E-state index is 0.0173. The summed E-state index contributed by atoms with van der Waals surface area (Å²) in [4.78, 5) is 29.1. The predicted molar refractivity (Wildman–Crippen MR) is 100 cm³/mol. The average molecular weight is 345 g/mol. The van der Waals surface area contributed by atoms with Gasteiger partial charge in [-0.05, 0) is 45.0 Å². The van der Waals surface area contributed by atoms with E-state index in [0.717, 1.165) is 31.5 Å². The predicted octanol–water partition coefficient (Wildman–Crippen LogP) is 2.39. The monoisotopic (exact) mass is 345 g/mol. The highest BCUT2D eigenvalue weighted by molar-refractivity contribution is 5.94. The van der Waals surface area contributed by atoms with Gasteiger partial charge in [-0.25, -0.2) is 0 Å². The van der Waals surface area contributed by atoms with Crippen LogP contribution in [0.1, 0.15) is 44.0 Å². The van der Waals surface area contributed by atoms with Crippen molar-refractivity contribution >= 4 is 11.8 Å². The van der Waals surface area contributed by atoms with E-state index >= 15 is 0 Å². The summed E-state index contributed by atoms with van der Waals surface area (Å²) in [5.74, 6) is 0.212. The van der Waals surface area contributed by atoms with Gasteiger partial charge in [0.25, 0.3) is 5.91 Å². The topological polar surface area (TPSA) is 52.7 Å². The molecule has 2 amide bonds. The zero-order valence-electron chi connectivity index (χ0n) is 15.7. The van der Waals surface area contributed by atoms with E-state index in [1.165, 1.54) is 0 Å². The molecule has 0 saturated carbocycles. The van der Waals surface area contributed by atoms with Crippen molar-refractivity contribution in [3.63, 3.8) is 0 Å². The van der Waals surface area contributed by atoms with Crippen molar-refractivity contribution in [2.75, 3.05) is 32.7 Å². The second-order valence-corrected chi connectivity index (χ2v) is 6.75. The lowest BCUT2D eigenvalue weighted by Crippen LogP contribution is -2.46. The van der Waals surface area contributed by atoms with Crippen LogP contribution in [0, 0.1) is 5.92 Å². The van der Waals surface area contributed by atoms with E-state index in [1.54, 1.807) is 0 Å². The molecule has 0 bridgehead atoms. The SMILES string of the molecule is CCN(CC)C(C)CNC(=O)C1CCN(C(=O)c2ccccc2)CC1. The smallest absolute Gasteiger partial charge is 0.253 e. The summed E-state index contributed by atoms with van der Waals surface area (Å²) in [6.07, 6.45) is 1.48. The van der Waals surface area contributed by atoms with Crippen LogP contribution < -0.4 is 5.32 Å². The van der Waals surface area contributed by atoms with E-state index in [1.807, 2.05) is 35.2 Å². The van der Waals surface area contributed by atoms with E-state index in [4.69, 9.17) is 0 Å². The van der Waals surface area contributed by atoms with Gasteiger partial charge in [0.15, 0.2) is 0 Å². The van der Waals surface area contributed by atoms with Crippen molar-refractivity contribution in [3.8, 4) is 0 Å². The molecule has 2 rings (SSSR count). The Kier molecular flexibility index (Phi) is 7.44. The van der Waals surface area contributed by atoms with Gasteiger partial charge in [0.1, 0.15) is 0 Å². The number of hydrogen-bond donors (Lipinski definition) is 1. The molecule has 25 heavy (non-hydrogen) atoms. The maximum atomic E-state index is 12.5. The zero-order valence-corrected chi connectivity index (χ0v) is 15.7. The molecular weight excluding hydrogens is 314 g/mol. The van der Waals surface area contributed by atoms with Crippen molar-refractivity contribution < 1.29 is 9.59 Å². The third kappa shape index (κ3) is 5.30. The van der Waals surface area contributed by atoms with Crippen LogP contribution in [-0.2, 0) is 4.79 Å². The molecule has 5 nitrogen and oxygen atoms in total. The first-order valence-electron chi connectivity index (χ1n) is 9.42. The lowest BCUT2D eigenvalue weighted by atomic mass is 9.95. The molecule has 1 unspecified atom stereocenters. The first kappa shape index (κ1) is 19.4. The highest BCUT2D eigenvalue weighted by Gasteiger charge is 2.28. The number of nitrogens with zero attached hydrogens (tertiary/aromatic N) is 2. The molecule has 1 aliphatic heterocycles. The third-order valence-electron chi connectivity index (χ3n) is 5.18. The molecule has 1 saturated heterocycles. The molecule has 0 radical (unpaired) electrons. The molecule has 5 heteroatoms. The first-order valence-corrected chi connectivity index (χ1v) is 9.42. The van der Waals surface area contributed by atoms with Crippen LogP contribution >= 0.6 is 0 Å². The van der Waals surface area contributed by atoms with Gasteiger partial charge in [-0.15, -0.1) is 0 Å². The third-order valence-corrected chi connectivity index (χ3v) is 5.18. The van der Waals surface area contributed by atoms with E-state index in [2.05, 4.69) is 31.0 Å². The summed E-state index contributed by atoms with van der Waals surface area (Å²) in [7, 11) is 0. The summed E-state index contributed by atoms with van der Waals surface area (Å²) in [5.41, 5.74) is 0.721. The highest BCUT2D eigenvalue weighted by atomic mass is 16.2. The zero-order chi connectivity index (χ0) is 18.2. The first-order chi connectivity index (χ1) is 12.1. The molecule has 1 aromatic carbocycles. The largest absolute Gasteiger partial charge is 0.354 e. The number of likely N-dealkylation sites (tertiary alicyclic amines) is 1. The average Bonchev–Trinajstić information content (AvgIpc) is 2.67. The van der Waals surface area contributed by atoms with Gasteiger partial charge >= 0.3 is 0 Å². The summed E-state index contributed by atoms with van der Waals surface area (Å²) in [6, 6.07) is 9.70. The number of amides is 2. The number of likely N-dealkylation sites (N-methyl/N-ethyl adjacent to an activating group) is 1. The Labute approximate surface area is 151 Å². The van der Waals surface area contributed by atoms with Crippen LogP contribution in [0.15, 0.2) is 30.3 Å². The van der Waals surface area contributed by atoms with Crippen molar-refractivity contribution in [3.05, 3.63) is 35.9 Å². The quantitative estimate of drug-likeness (QED) is 0.825. The Morgan fingerprint density at radius 3 is 2.32 bits per heavy atom. The number of hydrogen-bond acceptors (Lipinski definition) is 3. The summed E-state index contributed by atoms with van der Waals surface area (Å²) in [6.45, 7) is 10.4. The number of nitrogens with one attached hydrogen (secondary N) is 1. The van der Waals surface area contributed by atoms with Crippen LogP contribution in [0.3, 0.4) is 0 Å². The van der Waals surface area contributed by atoms with Gasteiger partial charge in [-0.3, -0.25) is 14.5 Å². The molecule has 1 heterocycles. The van der Waals surface area contributed by atoms with Gasteiger partial charge in [0.2, 0.25) is 5.91 Å². The fraction of sp³-hybridized carbons (Fsp3) is 0.600. The Hall–Kier alpha value is -1.88. The van der Waals surface area contributed by atoms with Crippen molar-refractivity contribution in [1.29, 1.82) is 0 Å². The summed E-state index contributed by atoms with van der Waals surface area (Å²) in [5, 5.41) is 3.09. The summed E-state index contributed by atoms with van der Waals surface area (Å²) >= 11 is 0. The molecule has 1 N–H and O–H groups in total. The minimum Gasteiger partial charge on any atom is -0.354 e. The van der Waals surface area contributed by atoms with Crippen LogP contribution in [-0.4, -0.2) is 60.4 Å². The van der Waals surface area contributed by atoms with Crippen LogP contribution in [0.4, 0.5) is 0 Å². The van der Waals surface area contributed by atoms with Crippen LogP contribution in [0.25, 0.3) is 0 Å². The van der Waals surface area contributed by atoms with E-state index in [0.29, 0.717) is 25.7 Å². The van der Waals surface area contributed by atoms with E-state index < -0.39 is 0 Å². The molecule has 0 spiro atoms. The second kappa shape index (κ2) is 9.56. The van der Waals surface area contributed by atoms with Gasteiger partial charge in [0.05, 0.1) is 0 Å². The Morgan fingerprint density at radius 2 is 1.76 bits per heavy atom. The Balaban J connectivity index is 1.77. The van der Waals surface area contributed by atoms with Gasteiger partial charge in [0, 0.05) is 37.2 Å². The van der Waals surface area contributed by atoms with Crippen LogP contribution in [0.5, 0.6) is 0 Å². The van der Waals surface area contributed by atoms with Gasteiger partial charge in [-0.2, -0.15) is 0 Å². The lowest BCUT2D eigenvalue weighted by molar-refractivity contribution is -0.126. The highest BCUT2D eigenvalue weighted by Crippen LogP contribution is 2.19. The van der Waals surface area contributed by atoms with Gasteiger partial charge in [-0.1, -0.05) is 32.0 Å². The molecule has 138 valence electrons. The molecular formula is C20H31N3O2. The molecule has 1 atom stereocenters. The number of carbonyl (C=O) groups is 2. The normalized spacial score (nSPS) is 16.7. The number of rotatable bonds is 7. The van der Waals surface area contributed by atoms with Crippen LogP contribution in [0.2, 0.25) is 0 Å². The van der Waals surface area contributed by atoms with Crippen molar-refractivity contribution in [1.82, 2.24) is 15.1 Å². The maximum absolute atomic E-state index is 12.5.